The molecular weight excluding hydrogens is 292 g/mol. The molecular formula is C19H28O4. The molecule has 4 heteroatoms. The summed E-state index contributed by atoms with van der Waals surface area (Å²) in [6, 6.07) is 0. The monoisotopic (exact) mass is 320 g/mol. The van der Waals surface area contributed by atoms with Crippen molar-refractivity contribution in [1.82, 2.24) is 0 Å². The molecule has 5 atom stereocenters. The van der Waals surface area contributed by atoms with Gasteiger partial charge in [-0.3, -0.25) is 4.79 Å². The first-order valence-electron chi connectivity index (χ1n) is 8.96. The predicted octanol–water partition coefficient (Wildman–Crippen LogP) is 3.25. The number of Topliss-reactive ketones (excluding diaryl/α,β-unsaturated/α-hetero) is 1. The van der Waals surface area contributed by atoms with Crippen LogP contribution < -0.4 is 0 Å². The lowest BCUT2D eigenvalue weighted by Crippen LogP contribution is -2.59. The van der Waals surface area contributed by atoms with Crippen molar-refractivity contribution in [2.45, 2.75) is 70.9 Å². The molecule has 0 N–H and O–H groups in total. The summed E-state index contributed by atoms with van der Waals surface area (Å²) in [6.07, 6.45) is 5.83. The normalized spacial score (nSPS) is 47.1. The number of hydrogen-bond donors (Lipinski definition) is 0. The second-order valence-corrected chi connectivity index (χ2v) is 8.48. The Morgan fingerprint density at radius 2 is 1.96 bits per heavy atom. The topological polar surface area (TPSA) is 48.1 Å². The average molecular weight is 320 g/mol. The Balaban J connectivity index is 1.65. The van der Waals surface area contributed by atoms with Crippen LogP contribution in [0.1, 0.15) is 53.4 Å². The molecule has 4 rings (SSSR count). The van der Waals surface area contributed by atoms with Gasteiger partial charge in [0.15, 0.2) is 17.2 Å². The summed E-state index contributed by atoms with van der Waals surface area (Å²) < 4.78 is 18.0. The summed E-state index contributed by atoms with van der Waals surface area (Å²) in [4.78, 5) is 13.4. The molecule has 1 spiro atoms. The van der Waals surface area contributed by atoms with Gasteiger partial charge in [0.25, 0.3) is 0 Å². The number of fused-ring (bicyclic) bond motifs is 2. The third-order valence-corrected chi connectivity index (χ3v) is 6.75. The van der Waals surface area contributed by atoms with E-state index in [1.807, 2.05) is 0 Å². The van der Waals surface area contributed by atoms with E-state index in [9.17, 15) is 4.79 Å². The molecule has 2 heterocycles. The van der Waals surface area contributed by atoms with Crippen LogP contribution in [0, 0.1) is 17.3 Å². The van der Waals surface area contributed by atoms with E-state index in [2.05, 4.69) is 33.8 Å². The highest BCUT2D eigenvalue weighted by Crippen LogP contribution is 2.63. The van der Waals surface area contributed by atoms with Gasteiger partial charge in [0.1, 0.15) is 0 Å². The van der Waals surface area contributed by atoms with Gasteiger partial charge in [-0.2, -0.15) is 0 Å². The maximum atomic E-state index is 13.4. The molecule has 0 amide bonds. The molecule has 2 saturated heterocycles. The Kier molecular flexibility index (Phi) is 3.37. The van der Waals surface area contributed by atoms with Crippen molar-refractivity contribution in [2.75, 3.05) is 13.2 Å². The van der Waals surface area contributed by atoms with Crippen LogP contribution in [0.2, 0.25) is 0 Å². The van der Waals surface area contributed by atoms with Crippen LogP contribution in [-0.4, -0.2) is 36.5 Å². The minimum absolute atomic E-state index is 0.0205. The van der Waals surface area contributed by atoms with Crippen LogP contribution in [-0.2, 0) is 19.0 Å². The average Bonchev–Trinajstić information content (AvgIpc) is 2.99. The molecule has 0 aromatic rings. The van der Waals surface area contributed by atoms with Gasteiger partial charge >= 0.3 is 0 Å². The third-order valence-electron chi connectivity index (χ3n) is 6.75. The number of carbonyl (C=O) groups excluding carboxylic acids is 1. The van der Waals surface area contributed by atoms with Crippen molar-refractivity contribution in [3.63, 3.8) is 0 Å². The Bertz CT molecular complexity index is 558. The van der Waals surface area contributed by atoms with E-state index in [0.29, 0.717) is 25.4 Å². The van der Waals surface area contributed by atoms with Crippen LogP contribution in [0.5, 0.6) is 0 Å². The number of ketones is 1. The van der Waals surface area contributed by atoms with Gasteiger partial charge in [0.2, 0.25) is 0 Å². The van der Waals surface area contributed by atoms with E-state index in [1.165, 1.54) is 5.57 Å². The van der Waals surface area contributed by atoms with Crippen LogP contribution in [0.3, 0.4) is 0 Å². The molecule has 2 saturated carbocycles. The molecule has 4 nitrogen and oxygen atoms in total. The lowest BCUT2D eigenvalue weighted by molar-refractivity contribution is -0.242. The molecule has 128 valence electrons. The molecule has 2 aliphatic heterocycles. The van der Waals surface area contributed by atoms with Crippen molar-refractivity contribution in [2.24, 2.45) is 17.3 Å². The number of hydrogen-bond acceptors (Lipinski definition) is 4. The standard InChI is InChI=1S/C19H28O4/c1-12(2)5-6-18-14(23-18)11-17(4)7-8-19(21-9-10-22-19)13(3)15(17)16(18)20/h5,13-15H,6-11H2,1-4H3/t13-,14-,15+,17+,18-/m0/s1. The smallest absolute Gasteiger partial charge is 0.171 e. The molecule has 2 aliphatic carbocycles. The Labute approximate surface area is 138 Å². The van der Waals surface area contributed by atoms with Crippen molar-refractivity contribution in [3.05, 3.63) is 11.6 Å². The lowest BCUT2D eigenvalue weighted by Gasteiger charge is -2.53. The highest BCUT2D eigenvalue weighted by molar-refractivity contribution is 5.95. The van der Waals surface area contributed by atoms with Crippen molar-refractivity contribution in [3.8, 4) is 0 Å². The number of rotatable bonds is 2. The fourth-order valence-electron chi connectivity index (χ4n) is 5.32. The Hall–Kier alpha value is -0.710. The maximum absolute atomic E-state index is 13.4. The van der Waals surface area contributed by atoms with Crippen LogP contribution in [0.25, 0.3) is 0 Å². The largest absolute Gasteiger partial charge is 0.357 e. The first-order chi connectivity index (χ1) is 10.8. The molecule has 0 aromatic heterocycles. The van der Waals surface area contributed by atoms with Gasteiger partial charge in [-0.1, -0.05) is 25.5 Å². The summed E-state index contributed by atoms with van der Waals surface area (Å²) in [7, 11) is 0. The minimum atomic E-state index is -0.563. The molecule has 4 fully saturated rings. The van der Waals surface area contributed by atoms with Gasteiger partial charge in [-0.15, -0.1) is 0 Å². The molecule has 0 unspecified atom stereocenters. The summed E-state index contributed by atoms with van der Waals surface area (Å²) in [5.74, 6) is -0.192. The van der Waals surface area contributed by atoms with E-state index in [4.69, 9.17) is 14.2 Å². The van der Waals surface area contributed by atoms with Gasteiger partial charge in [-0.05, 0) is 32.1 Å². The third kappa shape index (κ3) is 2.11. The molecule has 23 heavy (non-hydrogen) atoms. The zero-order valence-corrected chi connectivity index (χ0v) is 14.7. The fourth-order valence-corrected chi connectivity index (χ4v) is 5.32. The molecule has 0 aromatic carbocycles. The molecule has 4 aliphatic rings. The zero-order chi connectivity index (χ0) is 16.5. The highest BCUT2D eigenvalue weighted by Gasteiger charge is 2.73. The van der Waals surface area contributed by atoms with Crippen molar-refractivity contribution in [1.29, 1.82) is 0 Å². The first-order valence-corrected chi connectivity index (χ1v) is 8.96. The number of ether oxygens (including phenoxy) is 3. The van der Waals surface area contributed by atoms with Crippen LogP contribution in [0.15, 0.2) is 11.6 Å². The second kappa shape index (κ2) is 4.90. The van der Waals surface area contributed by atoms with Crippen molar-refractivity contribution < 1.29 is 19.0 Å². The summed E-state index contributed by atoms with van der Waals surface area (Å²) in [5.41, 5.74) is 0.699. The summed E-state index contributed by atoms with van der Waals surface area (Å²) in [6.45, 7) is 9.84. The van der Waals surface area contributed by atoms with Crippen molar-refractivity contribution >= 4 is 5.78 Å². The van der Waals surface area contributed by atoms with E-state index in [0.717, 1.165) is 19.3 Å². The SMILES string of the molecule is CC(C)=CC[C@]12O[C@H]1C[C@@]1(C)CCC3(OCCO3)[C@@H](C)[C@@H]1C2=O. The van der Waals surface area contributed by atoms with E-state index in [-0.39, 0.29) is 23.4 Å². The zero-order valence-electron chi connectivity index (χ0n) is 14.7. The van der Waals surface area contributed by atoms with E-state index in [1.54, 1.807) is 0 Å². The van der Waals surface area contributed by atoms with E-state index >= 15 is 0 Å². The number of epoxide rings is 1. The quantitative estimate of drug-likeness (QED) is 0.579. The highest BCUT2D eigenvalue weighted by atomic mass is 16.7. The first kappa shape index (κ1) is 15.8. The predicted molar refractivity (Wildman–Crippen MR) is 85.9 cm³/mol. The Morgan fingerprint density at radius 3 is 2.61 bits per heavy atom. The Morgan fingerprint density at radius 1 is 1.26 bits per heavy atom. The van der Waals surface area contributed by atoms with Crippen LogP contribution in [0.4, 0.5) is 0 Å². The van der Waals surface area contributed by atoms with Gasteiger partial charge < -0.3 is 14.2 Å². The van der Waals surface area contributed by atoms with Gasteiger partial charge in [-0.25, -0.2) is 0 Å². The van der Waals surface area contributed by atoms with E-state index < -0.39 is 11.4 Å². The van der Waals surface area contributed by atoms with Crippen LogP contribution >= 0.6 is 0 Å². The minimum Gasteiger partial charge on any atom is -0.357 e. The van der Waals surface area contributed by atoms with Gasteiger partial charge in [0.05, 0.1) is 19.3 Å². The number of allylic oxidation sites excluding steroid dienone is 1. The van der Waals surface area contributed by atoms with Gasteiger partial charge in [0, 0.05) is 24.7 Å². The second-order valence-electron chi connectivity index (χ2n) is 8.48. The molecule has 0 bridgehead atoms. The summed E-state index contributed by atoms with van der Waals surface area (Å²) >= 11 is 0. The fraction of sp³-hybridized carbons (Fsp3) is 0.842. The molecule has 0 radical (unpaired) electrons. The maximum Gasteiger partial charge on any atom is 0.171 e. The number of carbonyl (C=O) groups is 1. The summed E-state index contributed by atoms with van der Waals surface area (Å²) in [5, 5.41) is 0. The lowest BCUT2D eigenvalue weighted by atomic mass is 9.53.